The van der Waals surface area contributed by atoms with Gasteiger partial charge in [0.05, 0.1) is 36.1 Å². The van der Waals surface area contributed by atoms with Gasteiger partial charge in [0.1, 0.15) is 6.07 Å². The second kappa shape index (κ2) is 7.80. The molecule has 7 heteroatoms. The van der Waals surface area contributed by atoms with Gasteiger partial charge in [-0.25, -0.2) is 4.79 Å². The van der Waals surface area contributed by atoms with Gasteiger partial charge in [-0.15, -0.1) is 0 Å². The first kappa shape index (κ1) is 20.1. The van der Waals surface area contributed by atoms with E-state index in [1.54, 1.807) is 24.3 Å². The van der Waals surface area contributed by atoms with Gasteiger partial charge >= 0.3 is 5.97 Å². The summed E-state index contributed by atoms with van der Waals surface area (Å²) in [6.07, 6.45) is 1.97. The summed E-state index contributed by atoms with van der Waals surface area (Å²) in [6.45, 7) is 4.14. The molecule has 29 heavy (non-hydrogen) atoms. The normalized spacial score (nSPS) is 23.1. The number of likely N-dealkylation sites (N-methyl/N-ethyl adjacent to an activating group) is 1. The Hall–Kier alpha value is -3.60. The second-order valence-corrected chi connectivity index (χ2v) is 7.14. The van der Waals surface area contributed by atoms with Gasteiger partial charge in [0.2, 0.25) is 0 Å². The zero-order chi connectivity index (χ0) is 21.2. The molecule has 1 aromatic carbocycles. The first-order chi connectivity index (χ1) is 14.0. The van der Waals surface area contributed by atoms with Gasteiger partial charge in [0, 0.05) is 24.9 Å². The molecule has 1 heterocycles. The Morgan fingerprint density at radius 3 is 2.45 bits per heavy atom. The molecule has 3 rings (SSSR count). The van der Waals surface area contributed by atoms with Crippen molar-refractivity contribution in [3.8, 4) is 18.2 Å². The maximum Gasteiger partial charge on any atom is 0.337 e. The molecule has 2 N–H and O–H groups in total. The van der Waals surface area contributed by atoms with Gasteiger partial charge in [-0.2, -0.15) is 15.8 Å². The van der Waals surface area contributed by atoms with E-state index >= 15 is 0 Å². The Labute approximate surface area is 169 Å². The van der Waals surface area contributed by atoms with E-state index in [4.69, 9.17) is 10.5 Å². The summed E-state index contributed by atoms with van der Waals surface area (Å²) in [5.41, 5.74) is 6.72. The summed E-state index contributed by atoms with van der Waals surface area (Å²) in [7, 11) is 1.31. The predicted octanol–water partition coefficient (Wildman–Crippen LogP) is 2.22. The van der Waals surface area contributed by atoms with Crippen molar-refractivity contribution in [2.45, 2.75) is 12.8 Å². The van der Waals surface area contributed by atoms with E-state index in [1.165, 1.54) is 7.11 Å². The number of methoxy groups -OCH3 is 1. The van der Waals surface area contributed by atoms with E-state index in [9.17, 15) is 20.6 Å². The summed E-state index contributed by atoms with van der Waals surface area (Å²) in [5.74, 6) is -1.27. The highest BCUT2D eigenvalue weighted by molar-refractivity contribution is 5.89. The Kier molecular flexibility index (Phi) is 5.41. The van der Waals surface area contributed by atoms with Gasteiger partial charge in [-0.1, -0.05) is 25.1 Å². The van der Waals surface area contributed by atoms with Crippen molar-refractivity contribution in [2.75, 3.05) is 26.7 Å². The maximum atomic E-state index is 11.8. The largest absolute Gasteiger partial charge is 0.465 e. The predicted molar refractivity (Wildman–Crippen MR) is 105 cm³/mol. The molecule has 0 amide bonds. The van der Waals surface area contributed by atoms with Crippen LogP contribution in [-0.4, -0.2) is 37.6 Å². The van der Waals surface area contributed by atoms with Crippen LogP contribution < -0.4 is 5.73 Å². The molecule has 146 valence electrons. The number of benzene rings is 1. The first-order valence-corrected chi connectivity index (χ1v) is 9.31. The molecule has 0 spiro atoms. The number of rotatable bonds is 3. The number of fused-ring (bicyclic) bond motifs is 1. The molecule has 0 bridgehead atoms. The fourth-order valence-corrected chi connectivity index (χ4v) is 4.32. The third kappa shape index (κ3) is 3.05. The summed E-state index contributed by atoms with van der Waals surface area (Å²) < 4.78 is 4.74. The number of hydrogen-bond donors (Lipinski definition) is 1. The highest BCUT2D eigenvalue weighted by Crippen LogP contribution is 2.54. The lowest BCUT2D eigenvalue weighted by Crippen LogP contribution is -2.48. The van der Waals surface area contributed by atoms with E-state index in [-0.39, 0.29) is 17.2 Å². The summed E-state index contributed by atoms with van der Waals surface area (Å²) in [6, 6.07) is 13.0. The van der Waals surface area contributed by atoms with Crippen LogP contribution in [0.1, 0.15) is 28.8 Å². The smallest absolute Gasteiger partial charge is 0.337 e. The highest BCUT2D eigenvalue weighted by atomic mass is 16.5. The lowest BCUT2D eigenvalue weighted by atomic mass is 9.58. The SMILES string of the molecule is CCN1CC=C2C(C#N)=C(N)C(C#N)(C#N)C(c3ccc(C(=O)OC)cc3)C2C1. The molecule has 1 aromatic rings. The van der Waals surface area contributed by atoms with E-state index in [0.717, 1.165) is 17.7 Å². The molecule has 1 aliphatic carbocycles. The minimum Gasteiger partial charge on any atom is -0.465 e. The summed E-state index contributed by atoms with van der Waals surface area (Å²) in [4.78, 5) is 14.0. The van der Waals surface area contributed by atoms with Gasteiger partial charge in [0.25, 0.3) is 0 Å². The van der Waals surface area contributed by atoms with Crippen LogP contribution in [0.15, 0.2) is 47.2 Å². The number of carbonyl (C=O) groups is 1. The van der Waals surface area contributed by atoms with Crippen molar-refractivity contribution in [1.29, 1.82) is 15.8 Å². The van der Waals surface area contributed by atoms with Crippen molar-refractivity contribution in [3.05, 3.63) is 58.3 Å². The van der Waals surface area contributed by atoms with Crippen molar-refractivity contribution >= 4 is 5.97 Å². The molecule has 2 atom stereocenters. The van der Waals surface area contributed by atoms with Crippen LogP contribution in [0.25, 0.3) is 0 Å². The zero-order valence-electron chi connectivity index (χ0n) is 16.3. The Balaban J connectivity index is 2.23. The van der Waals surface area contributed by atoms with Crippen LogP contribution in [-0.2, 0) is 4.74 Å². The third-order valence-corrected chi connectivity index (χ3v) is 5.88. The molecule has 0 saturated carbocycles. The Morgan fingerprint density at radius 1 is 1.28 bits per heavy atom. The fourth-order valence-electron chi connectivity index (χ4n) is 4.32. The number of ether oxygens (including phenoxy) is 1. The van der Waals surface area contributed by atoms with Crippen LogP contribution in [0.3, 0.4) is 0 Å². The van der Waals surface area contributed by atoms with Crippen molar-refractivity contribution in [3.63, 3.8) is 0 Å². The fraction of sp³-hybridized carbons (Fsp3) is 0.364. The average molecular weight is 387 g/mol. The van der Waals surface area contributed by atoms with Crippen LogP contribution in [0.5, 0.6) is 0 Å². The minimum atomic E-state index is -1.67. The standard InChI is InChI=1S/C22H21N5O2/c1-3-27-9-8-16-17(10-23)20(26)22(12-24,13-25)19(18(16)11-27)14-4-6-15(7-5-14)21(28)29-2/h4-8,18-19H,3,9,11,26H2,1-2H3. The molecular formula is C22H21N5O2. The van der Waals surface area contributed by atoms with Crippen molar-refractivity contribution in [1.82, 2.24) is 4.90 Å². The van der Waals surface area contributed by atoms with E-state index in [0.29, 0.717) is 18.7 Å². The summed E-state index contributed by atoms with van der Waals surface area (Å²) >= 11 is 0. The minimum absolute atomic E-state index is 0.000470. The molecule has 0 fully saturated rings. The molecule has 2 aliphatic rings. The number of nitrogens with two attached hydrogens (primary N) is 1. The third-order valence-electron chi connectivity index (χ3n) is 5.88. The molecule has 1 aliphatic heterocycles. The monoisotopic (exact) mass is 387 g/mol. The number of hydrogen-bond acceptors (Lipinski definition) is 7. The zero-order valence-corrected chi connectivity index (χ0v) is 16.3. The first-order valence-electron chi connectivity index (χ1n) is 9.31. The molecular weight excluding hydrogens is 366 g/mol. The number of nitrogens with zero attached hydrogens (tertiary/aromatic N) is 4. The Morgan fingerprint density at radius 2 is 1.93 bits per heavy atom. The van der Waals surface area contributed by atoms with Gasteiger partial charge < -0.3 is 10.5 Å². The lowest BCUT2D eigenvalue weighted by molar-refractivity contribution is 0.0600. The quantitative estimate of drug-likeness (QED) is 0.788. The highest BCUT2D eigenvalue weighted by Gasteiger charge is 2.54. The van der Waals surface area contributed by atoms with Gasteiger partial charge in [0.15, 0.2) is 5.41 Å². The molecule has 0 aromatic heterocycles. The van der Waals surface area contributed by atoms with Crippen LogP contribution in [0, 0.1) is 45.3 Å². The van der Waals surface area contributed by atoms with Crippen LogP contribution in [0.2, 0.25) is 0 Å². The average Bonchev–Trinajstić information content (AvgIpc) is 2.77. The van der Waals surface area contributed by atoms with Crippen LogP contribution >= 0.6 is 0 Å². The van der Waals surface area contributed by atoms with E-state index in [2.05, 4.69) is 23.1 Å². The molecule has 2 unspecified atom stereocenters. The van der Waals surface area contributed by atoms with Crippen molar-refractivity contribution < 1.29 is 9.53 Å². The maximum absolute atomic E-state index is 11.8. The number of nitriles is 3. The van der Waals surface area contributed by atoms with E-state index < -0.39 is 17.3 Å². The topological polar surface area (TPSA) is 127 Å². The second-order valence-electron chi connectivity index (χ2n) is 7.14. The lowest BCUT2D eigenvalue weighted by Gasteiger charge is -2.45. The van der Waals surface area contributed by atoms with Crippen molar-refractivity contribution in [2.24, 2.45) is 17.1 Å². The number of allylic oxidation sites excluding steroid dienone is 2. The van der Waals surface area contributed by atoms with Crippen LogP contribution in [0.4, 0.5) is 0 Å². The molecule has 0 radical (unpaired) electrons. The van der Waals surface area contributed by atoms with Gasteiger partial charge in [-0.3, -0.25) is 4.90 Å². The van der Waals surface area contributed by atoms with E-state index in [1.807, 2.05) is 13.0 Å². The molecule has 7 nitrogen and oxygen atoms in total. The molecule has 0 saturated heterocycles. The number of carbonyl (C=O) groups excluding carboxylic acids is 1. The van der Waals surface area contributed by atoms with Gasteiger partial charge in [-0.05, 0) is 29.8 Å². The summed E-state index contributed by atoms with van der Waals surface area (Å²) in [5, 5.41) is 29.8. The Bertz CT molecular complexity index is 1000. The number of esters is 1.